The molecule has 0 saturated carbocycles. The van der Waals surface area contributed by atoms with Gasteiger partial charge in [0.05, 0.1) is 12.1 Å². The van der Waals surface area contributed by atoms with Crippen molar-refractivity contribution in [3.63, 3.8) is 0 Å². The lowest BCUT2D eigenvalue weighted by atomic mass is 10.1. The third-order valence-electron chi connectivity index (χ3n) is 2.84. The normalized spacial score (nSPS) is 11.4. The fourth-order valence-electron chi connectivity index (χ4n) is 1.79. The van der Waals surface area contributed by atoms with Crippen LogP contribution in [-0.4, -0.2) is 5.91 Å². The number of carbonyl (C=O) groups is 1. The second kappa shape index (κ2) is 5.51. The first-order valence-corrected chi connectivity index (χ1v) is 6.07. The smallest absolute Gasteiger partial charge is 0.418 e. The Morgan fingerprint density at radius 3 is 2.57 bits per heavy atom. The molecule has 3 N–H and O–H groups in total. The fourth-order valence-corrected chi connectivity index (χ4v) is 1.79. The highest BCUT2D eigenvalue weighted by Crippen LogP contribution is 2.33. The standard InChI is InChI=1S/C14H13F3N2O2/c1-8-2-4-10(21-8)7-19-13(20)9-3-5-12(18)11(6-9)14(15,16)17/h2-6H,7,18H2,1H3,(H,19,20). The average molecular weight is 298 g/mol. The van der Waals surface area contributed by atoms with Crippen LogP contribution in [0.2, 0.25) is 0 Å². The van der Waals surface area contributed by atoms with E-state index < -0.39 is 23.3 Å². The van der Waals surface area contributed by atoms with Crippen molar-refractivity contribution in [1.29, 1.82) is 0 Å². The Labute approximate surface area is 118 Å². The molecule has 21 heavy (non-hydrogen) atoms. The number of amides is 1. The molecule has 112 valence electrons. The zero-order chi connectivity index (χ0) is 15.6. The van der Waals surface area contributed by atoms with E-state index in [0.717, 1.165) is 12.1 Å². The number of carbonyl (C=O) groups excluding carboxylic acids is 1. The van der Waals surface area contributed by atoms with Crippen molar-refractivity contribution in [3.8, 4) is 0 Å². The van der Waals surface area contributed by atoms with Crippen LogP contribution < -0.4 is 11.1 Å². The molecule has 0 aliphatic carbocycles. The first-order chi connectivity index (χ1) is 9.77. The minimum atomic E-state index is -4.60. The molecule has 0 unspecified atom stereocenters. The molecule has 0 radical (unpaired) electrons. The molecule has 0 spiro atoms. The molecule has 2 rings (SSSR count). The summed E-state index contributed by atoms with van der Waals surface area (Å²) in [5.74, 6) is 0.577. The van der Waals surface area contributed by atoms with E-state index in [0.29, 0.717) is 11.5 Å². The van der Waals surface area contributed by atoms with E-state index in [1.165, 1.54) is 6.07 Å². The molecule has 0 atom stereocenters. The Morgan fingerprint density at radius 2 is 2.00 bits per heavy atom. The van der Waals surface area contributed by atoms with Crippen LogP contribution in [-0.2, 0) is 12.7 Å². The van der Waals surface area contributed by atoms with Crippen LogP contribution in [0, 0.1) is 6.92 Å². The van der Waals surface area contributed by atoms with Gasteiger partial charge in [0.2, 0.25) is 0 Å². The summed E-state index contributed by atoms with van der Waals surface area (Å²) < 4.78 is 43.4. The number of aryl methyl sites for hydroxylation is 1. The van der Waals surface area contributed by atoms with E-state index in [-0.39, 0.29) is 12.1 Å². The van der Waals surface area contributed by atoms with Crippen LogP contribution in [0.25, 0.3) is 0 Å². The van der Waals surface area contributed by atoms with E-state index in [2.05, 4.69) is 5.32 Å². The maximum atomic E-state index is 12.7. The maximum absolute atomic E-state index is 12.7. The monoisotopic (exact) mass is 298 g/mol. The summed E-state index contributed by atoms with van der Waals surface area (Å²) in [5, 5.41) is 2.49. The minimum Gasteiger partial charge on any atom is -0.465 e. The van der Waals surface area contributed by atoms with Gasteiger partial charge < -0.3 is 15.5 Å². The van der Waals surface area contributed by atoms with Gasteiger partial charge in [-0.25, -0.2) is 0 Å². The largest absolute Gasteiger partial charge is 0.465 e. The van der Waals surface area contributed by atoms with Crippen molar-refractivity contribution in [1.82, 2.24) is 5.32 Å². The quantitative estimate of drug-likeness (QED) is 0.855. The van der Waals surface area contributed by atoms with Crippen LogP contribution in [0.5, 0.6) is 0 Å². The van der Waals surface area contributed by atoms with Gasteiger partial charge >= 0.3 is 6.18 Å². The lowest BCUT2D eigenvalue weighted by Crippen LogP contribution is -2.23. The number of nitrogens with one attached hydrogen (secondary N) is 1. The first-order valence-electron chi connectivity index (χ1n) is 6.07. The Morgan fingerprint density at radius 1 is 1.29 bits per heavy atom. The van der Waals surface area contributed by atoms with E-state index >= 15 is 0 Å². The van der Waals surface area contributed by atoms with Gasteiger partial charge in [0.15, 0.2) is 0 Å². The van der Waals surface area contributed by atoms with E-state index in [9.17, 15) is 18.0 Å². The molecular formula is C14H13F3N2O2. The van der Waals surface area contributed by atoms with E-state index in [1.54, 1.807) is 19.1 Å². The number of halogens is 3. The molecule has 1 amide bonds. The second-order valence-corrected chi connectivity index (χ2v) is 4.49. The Kier molecular flexibility index (Phi) is 3.93. The van der Waals surface area contributed by atoms with Gasteiger partial charge in [-0.05, 0) is 37.3 Å². The molecule has 0 bridgehead atoms. The van der Waals surface area contributed by atoms with Gasteiger partial charge in [0.25, 0.3) is 5.91 Å². The van der Waals surface area contributed by atoms with Crippen molar-refractivity contribution in [2.24, 2.45) is 0 Å². The summed E-state index contributed by atoms with van der Waals surface area (Å²) in [4.78, 5) is 11.9. The zero-order valence-corrected chi connectivity index (χ0v) is 11.1. The molecule has 4 nitrogen and oxygen atoms in total. The van der Waals surface area contributed by atoms with Gasteiger partial charge in [-0.1, -0.05) is 0 Å². The van der Waals surface area contributed by atoms with Crippen molar-refractivity contribution < 1.29 is 22.4 Å². The highest BCUT2D eigenvalue weighted by molar-refractivity contribution is 5.94. The summed E-state index contributed by atoms with van der Waals surface area (Å²) in [6.45, 7) is 1.85. The zero-order valence-electron chi connectivity index (χ0n) is 11.1. The molecular weight excluding hydrogens is 285 g/mol. The summed E-state index contributed by atoms with van der Waals surface area (Å²) >= 11 is 0. The second-order valence-electron chi connectivity index (χ2n) is 4.49. The van der Waals surface area contributed by atoms with Crippen molar-refractivity contribution in [2.75, 3.05) is 5.73 Å². The van der Waals surface area contributed by atoms with Crippen LogP contribution in [0.1, 0.15) is 27.4 Å². The number of nitrogen functional groups attached to an aromatic ring is 1. The summed E-state index contributed by atoms with van der Waals surface area (Å²) in [6, 6.07) is 6.45. The fraction of sp³-hybridized carbons (Fsp3) is 0.214. The first kappa shape index (κ1) is 15.0. The Balaban J connectivity index is 2.12. The minimum absolute atomic E-state index is 0.0956. The molecule has 0 aliphatic heterocycles. The summed E-state index contributed by atoms with van der Waals surface area (Å²) in [7, 11) is 0. The lowest BCUT2D eigenvalue weighted by Gasteiger charge is -2.11. The number of hydrogen-bond donors (Lipinski definition) is 2. The number of rotatable bonds is 3. The third-order valence-corrected chi connectivity index (χ3v) is 2.84. The molecule has 0 aliphatic rings. The average Bonchev–Trinajstić information content (AvgIpc) is 2.81. The van der Waals surface area contributed by atoms with Gasteiger partial charge in [-0.15, -0.1) is 0 Å². The van der Waals surface area contributed by atoms with Gasteiger partial charge in [-0.3, -0.25) is 4.79 Å². The van der Waals surface area contributed by atoms with Gasteiger partial charge in [0.1, 0.15) is 11.5 Å². The predicted molar refractivity (Wildman–Crippen MR) is 70.5 cm³/mol. The number of alkyl halides is 3. The van der Waals surface area contributed by atoms with Crippen LogP contribution >= 0.6 is 0 Å². The van der Waals surface area contributed by atoms with Gasteiger partial charge in [-0.2, -0.15) is 13.2 Å². The maximum Gasteiger partial charge on any atom is 0.418 e. The van der Waals surface area contributed by atoms with E-state index in [4.69, 9.17) is 10.2 Å². The van der Waals surface area contributed by atoms with Crippen LogP contribution in [0.4, 0.5) is 18.9 Å². The molecule has 1 aromatic heterocycles. The SMILES string of the molecule is Cc1ccc(CNC(=O)c2ccc(N)c(C(F)(F)F)c2)o1. The van der Waals surface area contributed by atoms with Crippen molar-refractivity contribution in [3.05, 3.63) is 53.0 Å². The highest BCUT2D eigenvalue weighted by Gasteiger charge is 2.33. The Hall–Kier alpha value is -2.44. The number of nitrogens with two attached hydrogens (primary N) is 1. The molecule has 1 heterocycles. The van der Waals surface area contributed by atoms with Crippen molar-refractivity contribution >= 4 is 11.6 Å². The molecule has 7 heteroatoms. The topological polar surface area (TPSA) is 68.3 Å². The number of furan rings is 1. The number of hydrogen-bond acceptors (Lipinski definition) is 3. The number of anilines is 1. The number of benzene rings is 1. The summed E-state index contributed by atoms with van der Waals surface area (Å²) in [5.41, 5.74) is 3.73. The van der Waals surface area contributed by atoms with Gasteiger partial charge in [0, 0.05) is 11.3 Å². The van der Waals surface area contributed by atoms with E-state index in [1.807, 2.05) is 0 Å². The molecule has 0 saturated heterocycles. The molecule has 0 fully saturated rings. The van der Waals surface area contributed by atoms with Crippen LogP contribution in [0.3, 0.4) is 0 Å². The Bertz CT molecular complexity index is 662. The lowest BCUT2D eigenvalue weighted by molar-refractivity contribution is -0.136. The van der Waals surface area contributed by atoms with Crippen LogP contribution in [0.15, 0.2) is 34.7 Å². The molecule has 1 aromatic carbocycles. The highest BCUT2D eigenvalue weighted by atomic mass is 19.4. The van der Waals surface area contributed by atoms with Crippen molar-refractivity contribution in [2.45, 2.75) is 19.6 Å². The summed E-state index contributed by atoms with van der Waals surface area (Å²) in [6.07, 6.45) is -4.60. The predicted octanol–water partition coefficient (Wildman–Crippen LogP) is 3.12. The molecule has 2 aromatic rings. The third kappa shape index (κ3) is 3.56.